The zero-order valence-electron chi connectivity index (χ0n) is 7.37. The van der Waals surface area contributed by atoms with E-state index in [1.165, 1.54) is 12.1 Å². The largest absolute Gasteiger partial charge is 0.490 e. The molecule has 0 spiro atoms. The minimum atomic E-state index is -1.17. The number of halogens is 1. The monoisotopic (exact) mass is 196 g/mol. The Bertz CT molecular complexity index is 372. The Kier molecular flexibility index (Phi) is 2.11. The van der Waals surface area contributed by atoms with Crippen molar-refractivity contribution in [1.82, 2.24) is 0 Å². The van der Waals surface area contributed by atoms with E-state index in [9.17, 15) is 9.18 Å². The van der Waals surface area contributed by atoms with E-state index in [0.29, 0.717) is 0 Å². The van der Waals surface area contributed by atoms with Gasteiger partial charge in [-0.25, -0.2) is 9.18 Å². The highest BCUT2D eigenvalue weighted by Gasteiger charge is 2.25. The Morgan fingerprint density at radius 2 is 2.21 bits per heavy atom. The second-order valence-electron chi connectivity index (χ2n) is 3.26. The van der Waals surface area contributed by atoms with Gasteiger partial charge >= 0.3 is 5.97 Å². The molecule has 0 unspecified atom stereocenters. The average Bonchev–Trinajstić information content (AvgIpc) is 2.91. The Morgan fingerprint density at radius 1 is 1.50 bits per heavy atom. The zero-order chi connectivity index (χ0) is 10.1. The molecule has 2 rings (SSSR count). The Hall–Kier alpha value is -1.58. The third-order valence-electron chi connectivity index (χ3n) is 1.99. The first-order chi connectivity index (χ1) is 6.66. The zero-order valence-corrected chi connectivity index (χ0v) is 7.37. The van der Waals surface area contributed by atoms with Crippen molar-refractivity contribution in [2.45, 2.75) is 18.9 Å². The molecular weight excluding hydrogens is 187 g/mol. The van der Waals surface area contributed by atoms with Gasteiger partial charge in [0.2, 0.25) is 0 Å². The molecule has 4 heteroatoms. The first-order valence-electron chi connectivity index (χ1n) is 4.36. The maximum Gasteiger partial charge on any atom is 0.339 e. The van der Waals surface area contributed by atoms with E-state index in [2.05, 4.69) is 0 Å². The summed E-state index contributed by atoms with van der Waals surface area (Å²) in [6.45, 7) is 0. The number of rotatable bonds is 3. The van der Waals surface area contributed by atoms with Crippen LogP contribution in [0.2, 0.25) is 0 Å². The van der Waals surface area contributed by atoms with Crippen LogP contribution in [0.4, 0.5) is 4.39 Å². The van der Waals surface area contributed by atoms with Crippen molar-refractivity contribution in [3.8, 4) is 5.75 Å². The normalized spacial score (nSPS) is 15.2. The summed E-state index contributed by atoms with van der Waals surface area (Å²) in [5.41, 5.74) is -0.114. The van der Waals surface area contributed by atoms with Crippen LogP contribution in [-0.4, -0.2) is 17.2 Å². The van der Waals surface area contributed by atoms with Gasteiger partial charge in [0.15, 0.2) is 0 Å². The van der Waals surface area contributed by atoms with Gasteiger partial charge in [-0.15, -0.1) is 0 Å². The number of hydrogen-bond donors (Lipinski definition) is 1. The summed E-state index contributed by atoms with van der Waals surface area (Å²) in [5, 5.41) is 8.78. The molecule has 3 nitrogen and oxygen atoms in total. The molecule has 0 aromatic heterocycles. The number of benzene rings is 1. The summed E-state index contributed by atoms with van der Waals surface area (Å²) >= 11 is 0. The molecule has 1 saturated carbocycles. The van der Waals surface area contributed by atoms with Crippen molar-refractivity contribution in [1.29, 1.82) is 0 Å². The second-order valence-corrected chi connectivity index (χ2v) is 3.26. The molecule has 1 aliphatic rings. The minimum Gasteiger partial charge on any atom is -0.490 e. The Labute approximate surface area is 80.1 Å². The molecule has 1 aromatic carbocycles. The quantitative estimate of drug-likeness (QED) is 0.804. The highest BCUT2D eigenvalue weighted by Crippen LogP contribution is 2.29. The van der Waals surface area contributed by atoms with Crippen LogP contribution in [0.5, 0.6) is 5.75 Å². The Balaban J connectivity index is 2.31. The highest BCUT2D eigenvalue weighted by molar-refractivity contribution is 5.90. The van der Waals surface area contributed by atoms with Crippen molar-refractivity contribution in [3.05, 3.63) is 29.6 Å². The van der Waals surface area contributed by atoms with Gasteiger partial charge in [0, 0.05) is 0 Å². The first kappa shape index (κ1) is 8.99. The van der Waals surface area contributed by atoms with Crippen LogP contribution in [0.15, 0.2) is 18.2 Å². The van der Waals surface area contributed by atoms with E-state index in [-0.39, 0.29) is 17.4 Å². The van der Waals surface area contributed by atoms with Gasteiger partial charge in [-0.2, -0.15) is 0 Å². The van der Waals surface area contributed by atoms with Gasteiger partial charge in [0.25, 0.3) is 0 Å². The molecule has 0 bridgehead atoms. The number of carbonyl (C=O) groups is 1. The second kappa shape index (κ2) is 3.29. The number of carboxylic acids is 1. The SMILES string of the molecule is O=C(O)c1cc(F)ccc1OC1CC1. The molecule has 0 amide bonds. The van der Waals surface area contributed by atoms with Crippen molar-refractivity contribution >= 4 is 5.97 Å². The summed E-state index contributed by atoms with van der Waals surface area (Å²) in [5.74, 6) is -1.48. The van der Waals surface area contributed by atoms with Crippen LogP contribution >= 0.6 is 0 Å². The van der Waals surface area contributed by atoms with E-state index in [0.717, 1.165) is 18.9 Å². The van der Waals surface area contributed by atoms with Crippen molar-refractivity contribution < 1.29 is 19.0 Å². The summed E-state index contributed by atoms with van der Waals surface area (Å²) in [6, 6.07) is 3.53. The molecule has 0 saturated heterocycles. The molecule has 0 heterocycles. The van der Waals surface area contributed by atoms with Crippen molar-refractivity contribution in [2.75, 3.05) is 0 Å². The van der Waals surface area contributed by atoms with Crippen LogP contribution in [0, 0.1) is 5.82 Å². The predicted octanol–water partition coefficient (Wildman–Crippen LogP) is 2.07. The summed E-state index contributed by atoms with van der Waals surface area (Å²) in [4.78, 5) is 10.7. The topological polar surface area (TPSA) is 46.5 Å². The highest BCUT2D eigenvalue weighted by atomic mass is 19.1. The average molecular weight is 196 g/mol. The van der Waals surface area contributed by atoms with Gasteiger partial charge in [-0.05, 0) is 31.0 Å². The molecule has 0 aliphatic heterocycles. The summed E-state index contributed by atoms with van der Waals surface area (Å²) in [6.07, 6.45) is 1.99. The predicted molar refractivity (Wildman–Crippen MR) is 47.0 cm³/mol. The molecule has 0 atom stereocenters. The number of aromatic carboxylic acids is 1. The first-order valence-corrected chi connectivity index (χ1v) is 4.36. The van der Waals surface area contributed by atoms with Crippen LogP contribution in [0.1, 0.15) is 23.2 Å². The van der Waals surface area contributed by atoms with E-state index in [1.54, 1.807) is 0 Å². The van der Waals surface area contributed by atoms with E-state index in [4.69, 9.17) is 9.84 Å². The lowest BCUT2D eigenvalue weighted by Gasteiger charge is -2.07. The number of carboxylic acid groups (broad SMARTS) is 1. The molecule has 14 heavy (non-hydrogen) atoms. The van der Waals surface area contributed by atoms with E-state index < -0.39 is 11.8 Å². The lowest BCUT2D eigenvalue weighted by Crippen LogP contribution is -2.04. The Morgan fingerprint density at radius 3 is 2.79 bits per heavy atom. The third-order valence-corrected chi connectivity index (χ3v) is 1.99. The summed E-state index contributed by atoms with van der Waals surface area (Å²) < 4.78 is 18.1. The van der Waals surface area contributed by atoms with Gasteiger partial charge in [-0.1, -0.05) is 0 Å². The fraction of sp³-hybridized carbons (Fsp3) is 0.300. The van der Waals surface area contributed by atoms with Crippen LogP contribution in [0.3, 0.4) is 0 Å². The maximum absolute atomic E-state index is 12.7. The molecule has 1 aromatic rings. The maximum atomic E-state index is 12.7. The van der Waals surface area contributed by atoms with Crippen molar-refractivity contribution in [2.24, 2.45) is 0 Å². The molecule has 1 aliphatic carbocycles. The van der Waals surface area contributed by atoms with Gasteiger partial charge in [0.1, 0.15) is 17.1 Å². The lowest BCUT2D eigenvalue weighted by molar-refractivity contribution is 0.0691. The molecule has 0 radical (unpaired) electrons. The lowest BCUT2D eigenvalue weighted by atomic mass is 10.2. The molecular formula is C10H9FO3. The molecule has 1 fully saturated rings. The van der Waals surface area contributed by atoms with E-state index >= 15 is 0 Å². The van der Waals surface area contributed by atoms with Crippen LogP contribution < -0.4 is 4.74 Å². The van der Waals surface area contributed by atoms with Crippen LogP contribution in [-0.2, 0) is 0 Å². The fourth-order valence-corrected chi connectivity index (χ4v) is 1.14. The smallest absolute Gasteiger partial charge is 0.339 e. The third kappa shape index (κ3) is 1.84. The van der Waals surface area contributed by atoms with Gasteiger partial charge < -0.3 is 9.84 Å². The fourth-order valence-electron chi connectivity index (χ4n) is 1.14. The number of hydrogen-bond acceptors (Lipinski definition) is 2. The van der Waals surface area contributed by atoms with Gasteiger partial charge in [-0.3, -0.25) is 0 Å². The number of ether oxygens (including phenoxy) is 1. The van der Waals surface area contributed by atoms with Crippen LogP contribution in [0.25, 0.3) is 0 Å². The standard InChI is InChI=1S/C10H9FO3/c11-6-1-4-9(14-7-2-3-7)8(5-6)10(12)13/h1,4-5,7H,2-3H2,(H,12,13). The van der Waals surface area contributed by atoms with Gasteiger partial charge in [0.05, 0.1) is 6.10 Å². The van der Waals surface area contributed by atoms with Crippen molar-refractivity contribution in [3.63, 3.8) is 0 Å². The molecule has 1 N–H and O–H groups in total. The minimum absolute atomic E-state index is 0.110. The molecule has 74 valence electrons. The van der Waals surface area contributed by atoms with E-state index in [1.807, 2.05) is 0 Å². The summed E-state index contributed by atoms with van der Waals surface area (Å²) in [7, 11) is 0.